The minimum absolute atomic E-state index is 0.229. The summed E-state index contributed by atoms with van der Waals surface area (Å²) in [6.45, 7) is 3.61. The van der Waals surface area contributed by atoms with Gasteiger partial charge in [0.05, 0.1) is 18.4 Å². The van der Waals surface area contributed by atoms with Crippen molar-refractivity contribution >= 4 is 17.5 Å². The number of aryl methyl sites for hydroxylation is 1. The van der Waals surface area contributed by atoms with Gasteiger partial charge in [-0.1, -0.05) is 24.3 Å². The first-order chi connectivity index (χ1) is 16.5. The lowest BCUT2D eigenvalue weighted by Gasteiger charge is -2.38. The number of carbonyl (C=O) groups excluding carboxylic acids is 2. The number of carbonyl (C=O) groups is 2. The van der Waals surface area contributed by atoms with Gasteiger partial charge in [0.25, 0.3) is 11.8 Å². The molecule has 3 aromatic rings. The van der Waals surface area contributed by atoms with Gasteiger partial charge in [0.1, 0.15) is 5.75 Å². The van der Waals surface area contributed by atoms with Crippen LogP contribution in [0.25, 0.3) is 0 Å². The molecule has 0 bridgehead atoms. The number of nitrogens with one attached hydrogen (secondary N) is 2. The molecule has 2 heterocycles. The second-order valence-electron chi connectivity index (χ2n) is 8.49. The smallest absolute Gasteiger partial charge is 0.255 e. The summed E-state index contributed by atoms with van der Waals surface area (Å²) in [6, 6.07) is 16.7. The van der Waals surface area contributed by atoms with Crippen LogP contribution in [0.2, 0.25) is 0 Å². The molecule has 34 heavy (non-hydrogen) atoms. The van der Waals surface area contributed by atoms with E-state index in [1.807, 2.05) is 31.2 Å². The van der Waals surface area contributed by atoms with Crippen molar-refractivity contribution in [3.63, 3.8) is 0 Å². The van der Waals surface area contributed by atoms with E-state index in [-0.39, 0.29) is 17.2 Å². The molecule has 2 aromatic carbocycles. The van der Waals surface area contributed by atoms with Crippen molar-refractivity contribution in [2.75, 3.05) is 32.2 Å². The average Bonchev–Trinajstić information content (AvgIpc) is 2.89. The quantitative estimate of drug-likeness (QED) is 0.555. The van der Waals surface area contributed by atoms with Crippen LogP contribution < -0.4 is 15.4 Å². The van der Waals surface area contributed by atoms with Gasteiger partial charge < -0.3 is 20.1 Å². The Labute approximate surface area is 199 Å². The molecule has 176 valence electrons. The van der Waals surface area contributed by atoms with E-state index >= 15 is 0 Å². The van der Waals surface area contributed by atoms with E-state index in [1.54, 1.807) is 37.7 Å². The number of methoxy groups -OCH3 is 1. The Kier molecular flexibility index (Phi) is 7.23. The molecule has 2 amide bonds. The average molecular weight is 460 g/mol. The third-order valence-corrected chi connectivity index (χ3v) is 6.44. The number of hydrogen-bond acceptors (Lipinski definition) is 5. The maximum absolute atomic E-state index is 13.3. The van der Waals surface area contributed by atoms with Crippen LogP contribution in [-0.2, 0) is 10.2 Å². The molecule has 0 aliphatic carbocycles. The standard InChI is InChI=1S/C27H29N3O4/c1-19-4-3-5-23(24(19)30-25(31)20-10-14-28-15-11-20)26(32)29-18-27(12-16-34-17-13-27)21-6-8-22(33-2)9-7-21/h3-11,14-15H,12-13,16-18H2,1-2H3,(H,29,32)(H,30,31). The number of para-hydroxylation sites is 1. The first-order valence-electron chi connectivity index (χ1n) is 11.3. The second-order valence-corrected chi connectivity index (χ2v) is 8.49. The van der Waals surface area contributed by atoms with Gasteiger partial charge in [-0.3, -0.25) is 14.6 Å². The van der Waals surface area contributed by atoms with Crippen molar-refractivity contribution in [2.45, 2.75) is 25.2 Å². The molecule has 0 radical (unpaired) electrons. The highest BCUT2D eigenvalue weighted by Gasteiger charge is 2.35. The topological polar surface area (TPSA) is 89.6 Å². The van der Waals surface area contributed by atoms with Crippen LogP contribution in [0.5, 0.6) is 5.75 Å². The third-order valence-electron chi connectivity index (χ3n) is 6.44. The van der Waals surface area contributed by atoms with Gasteiger partial charge in [0.2, 0.25) is 0 Å². The van der Waals surface area contributed by atoms with E-state index in [0.717, 1.165) is 29.7 Å². The molecule has 0 unspecified atom stereocenters. The first kappa shape index (κ1) is 23.4. The fourth-order valence-electron chi connectivity index (χ4n) is 4.33. The normalized spacial score (nSPS) is 14.8. The Morgan fingerprint density at radius 1 is 1.00 bits per heavy atom. The molecule has 1 aliphatic rings. The molecule has 2 N–H and O–H groups in total. The van der Waals surface area contributed by atoms with E-state index < -0.39 is 0 Å². The molecule has 7 nitrogen and oxygen atoms in total. The van der Waals surface area contributed by atoms with Gasteiger partial charge in [-0.2, -0.15) is 0 Å². The molecule has 1 fully saturated rings. The van der Waals surface area contributed by atoms with Crippen molar-refractivity contribution in [1.29, 1.82) is 0 Å². The number of nitrogens with zero attached hydrogens (tertiary/aromatic N) is 1. The minimum Gasteiger partial charge on any atom is -0.497 e. The lowest BCUT2D eigenvalue weighted by molar-refractivity contribution is 0.0487. The summed E-state index contributed by atoms with van der Waals surface area (Å²) in [6.07, 6.45) is 4.73. The molecule has 1 saturated heterocycles. The molecular formula is C27H29N3O4. The van der Waals surface area contributed by atoms with Crippen molar-refractivity contribution in [1.82, 2.24) is 10.3 Å². The summed E-state index contributed by atoms with van der Waals surface area (Å²) in [7, 11) is 1.65. The Morgan fingerprint density at radius 3 is 2.38 bits per heavy atom. The van der Waals surface area contributed by atoms with Crippen LogP contribution in [0.3, 0.4) is 0 Å². The summed E-state index contributed by atoms with van der Waals surface area (Å²) < 4.78 is 10.9. The maximum atomic E-state index is 13.3. The van der Waals surface area contributed by atoms with Gasteiger partial charge in [0.15, 0.2) is 0 Å². The van der Waals surface area contributed by atoms with Crippen molar-refractivity contribution in [3.05, 3.63) is 89.2 Å². The summed E-state index contributed by atoms with van der Waals surface area (Å²) >= 11 is 0. The Hall–Kier alpha value is -3.71. The number of rotatable bonds is 7. The summed E-state index contributed by atoms with van der Waals surface area (Å²) in [4.78, 5) is 30.0. The molecule has 7 heteroatoms. The third kappa shape index (κ3) is 5.10. The number of aromatic nitrogens is 1. The monoisotopic (exact) mass is 459 g/mol. The summed E-state index contributed by atoms with van der Waals surface area (Å²) in [5.41, 5.74) is 3.14. The predicted molar refractivity (Wildman–Crippen MR) is 130 cm³/mol. The number of pyridine rings is 1. The molecular weight excluding hydrogens is 430 g/mol. The highest BCUT2D eigenvalue weighted by Crippen LogP contribution is 2.35. The van der Waals surface area contributed by atoms with Crippen LogP contribution in [0.15, 0.2) is 67.0 Å². The zero-order valence-electron chi connectivity index (χ0n) is 19.5. The zero-order valence-corrected chi connectivity index (χ0v) is 19.5. The second kappa shape index (κ2) is 10.5. The lowest BCUT2D eigenvalue weighted by atomic mass is 9.74. The lowest BCUT2D eigenvalue weighted by Crippen LogP contribution is -2.44. The fourth-order valence-corrected chi connectivity index (χ4v) is 4.33. The van der Waals surface area contributed by atoms with E-state index in [2.05, 4.69) is 27.8 Å². The molecule has 1 aromatic heterocycles. The van der Waals surface area contributed by atoms with Crippen LogP contribution in [0.4, 0.5) is 5.69 Å². The van der Waals surface area contributed by atoms with Gasteiger partial charge in [0, 0.05) is 43.1 Å². The Morgan fingerprint density at radius 2 is 1.71 bits per heavy atom. The van der Waals surface area contributed by atoms with Crippen LogP contribution >= 0.6 is 0 Å². The molecule has 4 rings (SSSR count). The molecule has 1 aliphatic heterocycles. The molecule has 0 atom stereocenters. The zero-order chi connectivity index (χ0) is 24.0. The Balaban J connectivity index is 1.54. The minimum atomic E-state index is -0.287. The summed E-state index contributed by atoms with van der Waals surface area (Å²) in [5, 5.41) is 6.04. The number of hydrogen-bond donors (Lipinski definition) is 2. The highest BCUT2D eigenvalue weighted by atomic mass is 16.5. The first-order valence-corrected chi connectivity index (χ1v) is 11.3. The predicted octanol–water partition coefficient (Wildman–Crippen LogP) is 4.13. The largest absolute Gasteiger partial charge is 0.497 e. The summed E-state index contributed by atoms with van der Waals surface area (Å²) in [5.74, 6) is 0.280. The van der Waals surface area contributed by atoms with Gasteiger partial charge >= 0.3 is 0 Å². The van der Waals surface area contributed by atoms with Gasteiger partial charge in [-0.05, 0) is 61.2 Å². The van der Waals surface area contributed by atoms with Crippen LogP contribution in [0, 0.1) is 6.92 Å². The fraction of sp³-hybridized carbons (Fsp3) is 0.296. The van der Waals surface area contributed by atoms with Gasteiger partial charge in [-0.15, -0.1) is 0 Å². The van der Waals surface area contributed by atoms with E-state index in [4.69, 9.17) is 9.47 Å². The molecule has 0 spiro atoms. The van der Waals surface area contributed by atoms with Crippen molar-refractivity contribution < 1.29 is 19.1 Å². The van der Waals surface area contributed by atoms with Crippen LogP contribution in [0.1, 0.15) is 44.7 Å². The maximum Gasteiger partial charge on any atom is 0.255 e. The Bertz CT molecular complexity index is 1140. The number of anilines is 1. The van der Waals surface area contributed by atoms with E-state index in [0.29, 0.717) is 36.6 Å². The number of benzene rings is 2. The van der Waals surface area contributed by atoms with Crippen molar-refractivity contribution in [3.8, 4) is 5.75 Å². The number of amides is 2. The SMILES string of the molecule is COc1ccc(C2(CNC(=O)c3cccc(C)c3NC(=O)c3ccncc3)CCOCC2)cc1. The van der Waals surface area contributed by atoms with Gasteiger partial charge in [-0.25, -0.2) is 0 Å². The van der Waals surface area contributed by atoms with Crippen LogP contribution in [-0.4, -0.2) is 43.7 Å². The number of ether oxygens (including phenoxy) is 2. The molecule has 0 saturated carbocycles. The van der Waals surface area contributed by atoms with Crippen molar-refractivity contribution in [2.24, 2.45) is 0 Å². The highest BCUT2D eigenvalue weighted by molar-refractivity contribution is 6.09. The van der Waals surface area contributed by atoms with E-state index in [1.165, 1.54) is 0 Å². The van der Waals surface area contributed by atoms with E-state index in [9.17, 15) is 9.59 Å².